The minimum Gasteiger partial charge on any atom is -0.490 e. The lowest BCUT2D eigenvalue weighted by atomic mass is 10.2. The fraction of sp³-hybridized carbons (Fsp3) is 0.273. The van der Waals surface area contributed by atoms with E-state index in [1.165, 1.54) is 0 Å². The van der Waals surface area contributed by atoms with E-state index in [4.69, 9.17) is 19.2 Å². The molecule has 0 radical (unpaired) electrons. The Labute approximate surface area is 98.7 Å². The fourth-order valence-electron chi connectivity index (χ4n) is 1.50. The fourth-order valence-corrected chi connectivity index (χ4v) is 1.50. The van der Waals surface area contributed by atoms with Gasteiger partial charge in [0, 0.05) is 11.5 Å². The molecule has 0 atom stereocenters. The normalized spacial score (nSPS) is 10.5. The lowest BCUT2D eigenvalue weighted by Gasteiger charge is -2.04. The van der Waals surface area contributed by atoms with Crippen LogP contribution in [-0.4, -0.2) is 24.0 Å². The average Bonchev–Trinajstić information content (AvgIpc) is 2.67. The number of hydrogen-bond donors (Lipinski definition) is 2. The summed E-state index contributed by atoms with van der Waals surface area (Å²) in [4.78, 5) is 0. The van der Waals surface area contributed by atoms with E-state index in [0.29, 0.717) is 17.9 Å². The van der Waals surface area contributed by atoms with Crippen molar-refractivity contribution in [3.63, 3.8) is 0 Å². The van der Waals surface area contributed by atoms with Crippen LogP contribution in [0.15, 0.2) is 28.7 Å². The zero-order valence-corrected chi connectivity index (χ0v) is 9.42. The lowest BCUT2D eigenvalue weighted by molar-refractivity contribution is 0.254. The minimum atomic E-state index is -1.89. The first-order valence-corrected chi connectivity index (χ1v) is 5.39. The predicted molar refractivity (Wildman–Crippen MR) is 62.8 cm³/mol. The van der Waals surface area contributed by atoms with Crippen LogP contribution in [0.25, 0.3) is 11.0 Å². The number of benzene rings is 1. The first-order valence-electron chi connectivity index (χ1n) is 5.39. The smallest absolute Gasteiger partial charge is 0.490 e. The first kappa shape index (κ1) is 11.8. The van der Waals surface area contributed by atoms with Crippen LogP contribution in [0.1, 0.15) is 13.3 Å². The van der Waals surface area contributed by atoms with Gasteiger partial charge in [-0.15, -0.1) is 0 Å². The molecular weight excluding hydrogens is 223 g/mol. The molecule has 17 heavy (non-hydrogen) atoms. The molecule has 0 aliphatic carbocycles. The topological polar surface area (TPSA) is 72.1 Å². The highest BCUT2D eigenvalue weighted by Crippen LogP contribution is 2.32. The molecule has 0 saturated heterocycles. The molecular formula is C11H13BO5. The molecule has 0 amide bonds. The summed E-state index contributed by atoms with van der Waals surface area (Å²) in [5.74, 6) is 0.661. The van der Waals surface area contributed by atoms with Crippen molar-refractivity contribution in [3.8, 4) is 11.7 Å². The number of furan rings is 1. The van der Waals surface area contributed by atoms with Gasteiger partial charge in [-0.3, -0.25) is 0 Å². The van der Waals surface area contributed by atoms with Crippen LogP contribution in [0.2, 0.25) is 0 Å². The quantitative estimate of drug-likeness (QED) is 0.771. The van der Waals surface area contributed by atoms with Gasteiger partial charge in [0.1, 0.15) is 0 Å². The van der Waals surface area contributed by atoms with E-state index in [-0.39, 0.29) is 5.95 Å². The third-order valence-electron chi connectivity index (χ3n) is 2.17. The van der Waals surface area contributed by atoms with Crippen molar-refractivity contribution in [2.45, 2.75) is 13.3 Å². The van der Waals surface area contributed by atoms with Gasteiger partial charge in [-0.25, -0.2) is 0 Å². The molecule has 2 rings (SSSR count). The van der Waals surface area contributed by atoms with E-state index in [2.05, 4.69) is 4.65 Å². The summed E-state index contributed by atoms with van der Waals surface area (Å²) in [7, 11) is -1.89. The molecule has 0 bridgehead atoms. The van der Waals surface area contributed by atoms with Gasteiger partial charge in [-0.1, -0.05) is 19.1 Å². The van der Waals surface area contributed by atoms with Crippen LogP contribution in [0.4, 0.5) is 0 Å². The summed E-state index contributed by atoms with van der Waals surface area (Å²) < 4.78 is 15.5. The largest absolute Gasteiger partial charge is 0.709 e. The Morgan fingerprint density at radius 2 is 2.18 bits per heavy atom. The highest BCUT2D eigenvalue weighted by atomic mass is 16.7. The van der Waals surface area contributed by atoms with Gasteiger partial charge in [0.2, 0.25) is 0 Å². The molecule has 5 nitrogen and oxygen atoms in total. The lowest BCUT2D eigenvalue weighted by Crippen LogP contribution is -2.20. The minimum absolute atomic E-state index is 0.0440. The molecule has 1 aromatic heterocycles. The SMILES string of the molecule is CCCOc1cccc2cc(OB(O)O)oc12. The molecule has 0 saturated carbocycles. The van der Waals surface area contributed by atoms with Crippen molar-refractivity contribution >= 4 is 18.3 Å². The Balaban J connectivity index is 2.31. The Kier molecular flexibility index (Phi) is 3.56. The molecule has 6 heteroatoms. The molecule has 0 spiro atoms. The van der Waals surface area contributed by atoms with Crippen LogP contribution in [0, 0.1) is 0 Å². The maximum Gasteiger partial charge on any atom is 0.709 e. The van der Waals surface area contributed by atoms with E-state index in [9.17, 15) is 0 Å². The molecule has 2 aromatic rings. The molecule has 0 aliphatic heterocycles. The number of ether oxygens (including phenoxy) is 1. The second-order valence-corrected chi connectivity index (χ2v) is 3.53. The summed E-state index contributed by atoms with van der Waals surface area (Å²) in [6.45, 7) is 2.61. The van der Waals surface area contributed by atoms with Crippen molar-refractivity contribution in [3.05, 3.63) is 24.3 Å². The van der Waals surface area contributed by atoms with Crippen molar-refractivity contribution in [2.75, 3.05) is 6.61 Å². The van der Waals surface area contributed by atoms with Gasteiger partial charge in [-0.2, -0.15) is 0 Å². The number of fused-ring (bicyclic) bond motifs is 1. The van der Waals surface area contributed by atoms with Gasteiger partial charge >= 0.3 is 7.32 Å². The number of hydrogen-bond acceptors (Lipinski definition) is 5. The van der Waals surface area contributed by atoms with E-state index in [0.717, 1.165) is 11.8 Å². The van der Waals surface area contributed by atoms with Crippen LogP contribution in [-0.2, 0) is 0 Å². The third kappa shape index (κ3) is 2.72. The Hall–Kier alpha value is -1.66. The van der Waals surface area contributed by atoms with Crippen LogP contribution < -0.4 is 9.39 Å². The highest BCUT2D eigenvalue weighted by Gasteiger charge is 2.16. The average molecular weight is 236 g/mol. The standard InChI is InChI=1S/C11H13BO5/c1-2-6-15-9-5-3-4-8-7-10(16-11(8)9)17-12(13)14/h3-5,7,13-14H,2,6H2,1H3. The predicted octanol–water partition coefficient (Wildman–Crippen LogP) is 1.57. The van der Waals surface area contributed by atoms with Gasteiger partial charge in [0.25, 0.3) is 5.95 Å². The molecule has 1 heterocycles. The van der Waals surface area contributed by atoms with Crippen molar-refractivity contribution in [2.24, 2.45) is 0 Å². The van der Waals surface area contributed by atoms with Crippen LogP contribution in [0.5, 0.6) is 11.7 Å². The molecule has 2 N–H and O–H groups in total. The van der Waals surface area contributed by atoms with E-state index in [1.807, 2.05) is 19.1 Å². The maximum absolute atomic E-state index is 8.68. The second kappa shape index (κ2) is 5.12. The zero-order valence-electron chi connectivity index (χ0n) is 9.42. The van der Waals surface area contributed by atoms with Gasteiger partial charge < -0.3 is 23.9 Å². The van der Waals surface area contributed by atoms with Crippen molar-refractivity contribution in [1.29, 1.82) is 0 Å². The molecule has 0 aliphatic rings. The number of para-hydroxylation sites is 1. The van der Waals surface area contributed by atoms with E-state index >= 15 is 0 Å². The Bertz CT molecular complexity index is 494. The maximum atomic E-state index is 8.68. The molecule has 0 unspecified atom stereocenters. The van der Waals surface area contributed by atoms with Crippen LogP contribution >= 0.6 is 0 Å². The summed E-state index contributed by atoms with van der Waals surface area (Å²) in [5.41, 5.74) is 0.539. The monoisotopic (exact) mass is 236 g/mol. The highest BCUT2D eigenvalue weighted by molar-refractivity contribution is 6.33. The van der Waals surface area contributed by atoms with E-state index < -0.39 is 7.32 Å². The molecule has 0 fully saturated rings. The summed E-state index contributed by atoms with van der Waals surface area (Å²) in [6, 6.07) is 7.03. The van der Waals surface area contributed by atoms with Gasteiger partial charge in [-0.05, 0) is 12.5 Å². The van der Waals surface area contributed by atoms with Gasteiger partial charge in [0.15, 0.2) is 11.3 Å². The van der Waals surface area contributed by atoms with Gasteiger partial charge in [0.05, 0.1) is 6.61 Å². The Morgan fingerprint density at radius 3 is 2.88 bits per heavy atom. The summed E-state index contributed by atoms with van der Waals surface area (Å²) in [6.07, 6.45) is 0.899. The van der Waals surface area contributed by atoms with Crippen molar-refractivity contribution < 1.29 is 23.9 Å². The third-order valence-corrected chi connectivity index (χ3v) is 2.17. The van der Waals surface area contributed by atoms with Crippen LogP contribution in [0.3, 0.4) is 0 Å². The number of rotatable bonds is 5. The first-order chi connectivity index (χ1) is 8.20. The van der Waals surface area contributed by atoms with E-state index in [1.54, 1.807) is 12.1 Å². The Morgan fingerprint density at radius 1 is 1.35 bits per heavy atom. The summed E-state index contributed by atoms with van der Waals surface area (Å²) >= 11 is 0. The molecule has 90 valence electrons. The second-order valence-electron chi connectivity index (χ2n) is 3.53. The van der Waals surface area contributed by atoms with Crippen molar-refractivity contribution in [1.82, 2.24) is 0 Å². The molecule has 1 aromatic carbocycles. The zero-order chi connectivity index (χ0) is 12.3. The summed E-state index contributed by atoms with van der Waals surface area (Å²) in [5, 5.41) is 18.2.